The highest BCUT2D eigenvalue weighted by Gasteiger charge is 2.41. The average molecular weight is 327 g/mol. The molecule has 0 bridgehead atoms. The molecule has 0 radical (unpaired) electrons. The molecule has 2 aromatic rings. The van der Waals surface area contributed by atoms with Crippen molar-refractivity contribution in [2.24, 2.45) is 7.05 Å². The predicted molar refractivity (Wildman–Crippen MR) is 91.0 cm³/mol. The molecule has 1 aliphatic carbocycles. The number of likely N-dealkylation sites (tertiary alicyclic amines) is 1. The molecule has 0 spiro atoms. The molecule has 6 nitrogen and oxygen atoms in total. The smallest absolute Gasteiger partial charge is 0.257 e. The Morgan fingerprint density at radius 3 is 2.96 bits per heavy atom. The molecule has 6 heteroatoms. The van der Waals surface area contributed by atoms with Crippen molar-refractivity contribution in [1.82, 2.24) is 24.2 Å². The lowest BCUT2D eigenvalue weighted by atomic mass is 9.78. The Morgan fingerprint density at radius 2 is 2.21 bits per heavy atom. The number of nitrogens with zero attached hydrogens (tertiary/aromatic N) is 5. The Hall–Kier alpha value is -2.11. The van der Waals surface area contributed by atoms with Crippen LogP contribution in [0.25, 0.3) is 0 Å². The molecule has 0 aromatic carbocycles. The molecule has 1 saturated heterocycles. The molecule has 24 heavy (non-hydrogen) atoms. The first-order chi connectivity index (χ1) is 11.6. The largest absolute Gasteiger partial charge is 0.337 e. The number of aromatic nitrogens is 4. The summed E-state index contributed by atoms with van der Waals surface area (Å²) >= 11 is 0. The van der Waals surface area contributed by atoms with Gasteiger partial charge in [0.2, 0.25) is 0 Å². The number of imidazole rings is 1. The Bertz CT molecular complexity index is 774. The standard InChI is InChI=1S/C18H25N5O/c1-4-23-12(2)14(10-20-23)18(24)22-9-5-6-13-15(22)7-8-16-17(13)19-11-21(16)3/h10-11,13,15H,4-9H2,1-3H3. The van der Waals surface area contributed by atoms with Crippen molar-refractivity contribution < 1.29 is 4.79 Å². The Kier molecular flexibility index (Phi) is 3.70. The van der Waals surface area contributed by atoms with Crippen LogP contribution in [0, 0.1) is 6.92 Å². The van der Waals surface area contributed by atoms with Gasteiger partial charge in [-0.25, -0.2) is 4.98 Å². The number of piperidine rings is 1. The summed E-state index contributed by atoms with van der Waals surface area (Å²) in [5.74, 6) is 0.524. The van der Waals surface area contributed by atoms with Crippen molar-refractivity contribution >= 4 is 5.91 Å². The molecular formula is C18H25N5O. The van der Waals surface area contributed by atoms with Crippen molar-refractivity contribution in [3.63, 3.8) is 0 Å². The fourth-order valence-corrected chi connectivity index (χ4v) is 4.49. The van der Waals surface area contributed by atoms with Crippen LogP contribution in [0.5, 0.6) is 0 Å². The number of fused-ring (bicyclic) bond motifs is 3. The Balaban J connectivity index is 1.64. The van der Waals surface area contributed by atoms with Crippen LogP contribution in [-0.4, -0.2) is 42.7 Å². The monoisotopic (exact) mass is 327 g/mol. The van der Waals surface area contributed by atoms with Crippen molar-refractivity contribution in [2.75, 3.05) is 6.54 Å². The van der Waals surface area contributed by atoms with Crippen LogP contribution in [0.1, 0.15) is 59.5 Å². The van der Waals surface area contributed by atoms with Crippen molar-refractivity contribution in [2.45, 2.75) is 58.0 Å². The lowest BCUT2D eigenvalue weighted by Gasteiger charge is -2.43. The first-order valence-electron chi connectivity index (χ1n) is 8.95. The normalized spacial score (nSPS) is 23.0. The van der Waals surface area contributed by atoms with E-state index in [0.717, 1.165) is 50.0 Å². The third-order valence-electron chi connectivity index (χ3n) is 5.79. The topological polar surface area (TPSA) is 56.0 Å². The molecule has 2 atom stereocenters. The quantitative estimate of drug-likeness (QED) is 0.850. The zero-order valence-electron chi connectivity index (χ0n) is 14.7. The first kappa shape index (κ1) is 15.4. The van der Waals surface area contributed by atoms with Crippen LogP contribution in [0.4, 0.5) is 0 Å². The molecule has 1 aliphatic heterocycles. The highest BCUT2D eigenvalue weighted by atomic mass is 16.2. The van der Waals surface area contributed by atoms with Crippen LogP contribution in [0.2, 0.25) is 0 Å². The van der Waals surface area contributed by atoms with Gasteiger partial charge in [-0.1, -0.05) is 0 Å². The van der Waals surface area contributed by atoms with E-state index < -0.39 is 0 Å². The minimum absolute atomic E-state index is 0.140. The molecule has 1 amide bonds. The fourth-order valence-electron chi connectivity index (χ4n) is 4.49. The van der Waals surface area contributed by atoms with Crippen LogP contribution >= 0.6 is 0 Å². The van der Waals surface area contributed by atoms with E-state index in [4.69, 9.17) is 0 Å². The van der Waals surface area contributed by atoms with E-state index in [-0.39, 0.29) is 11.9 Å². The maximum atomic E-state index is 13.2. The molecule has 0 N–H and O–H groups in total. The summed E-state index contributed by atoms with van der Waals surface area (Å²) < 4.78 is 4.04. The zero-order valence-corrected chi connectivity index (χ0v) is 14.7. The number of rotatable bonds is 2. The molecule has 1 fully saturated rings. The SMILES string of the molecule is CCn1ncc(C(=O)N2CCCC3c4ncn(C)c4CCC32)c1C. The van der Waals surface area contributed by atoms with E-state index in [1.165, 1.54) is 11.4 Å². The van der Waals surface area contributed by atoms with Gasteiger partial charge in [0.05, 0.1) is 23.8 Å². The minimum atomic E-state index is 0.140. The number of hydrogen-bond donors (Lipinski definition) is 0. The van der Waals surface area contributed by atoms with Gasteiger partial charge in [0, 0.05) is 43.5 Å². The van der Waals surface area contributed by atoms with E-state index in [0.29, 0.717) is 5.92 Å². The molecule has 128 valence electrons. The number of carbonyl (C=O) groups excluding carboxylic acids is 1. The first-order valence-corrected chi connectivity index (χ1v) is 8.95. The number of hydrogen-bond acceptors (Lipinski definition) is 3. The maximum absolute atomic E-state index is 13.2. The maximum Gasteiger partial charge on any atom is 0.257 e. The summed E-state index contributed by atoms with van der Waals surface area (Å²) in [6.45, 7) is 5.68. The summed E-state index contributed by atoms with van der Waals surface area (Å²) in [5.41, 5.74) is 4.29. The summed E-state index contributed by atoms with van der Waals surface area (Å²) in [6.07, 6.45) is 7.87. The van der Waals surface area contributed by atoms with E-state index in [9.17, 15) is 4.79 Å². The molecule has 0 saturated carbocycles. The van der Waals surface area contributed by atoms with Crippen molar-refractivity contribution in [3.8, 4) is 0 Å². The molecule has 2 aromatic heterocycles. The Labute approximate surface area is 142 Å². The Morgan fingerprint density at radius 1 is 1.38 bits per heavy atom. The van der Waals surface area contributed by atoms with E-state index >= 15 is 0 Å². The summed E-state index contributed by atoms with van der Waals surface area (Å²) in [4.78, 5) is 19.9. The second-order valence-electron chi connectivity index (χ2n) is 7.00. The van der Waals surface area contributed by atoms with Gasteiger partial charge in [0.15, 0.2) is 0 Å². The third-order valence-corrected chi connectivity index (χ3v) is 5.79. The predicted octanol–water partition coefficient (Wildman–Crippen LogP) is 2.28. The zero-order chi connectivity index (χ0) is 16.8. The average Bonchev–Trinajstić information content (AvgIpc) is 3.16. The van der Waals surface area contributed by atoms with Gasteiger partial charge in [-0.05, 0) is 39.5 Å². The van der Waals surface area contributed by atoms with Crippen LogP contribution < -0.4 is 0 Å². The fraction of sp³-hybridized carbons (Fsp3) is 0.611. The second kappa shape index (κ2) is 5.76. The lowest BCUT2D eigenvalue weighted by Crippen LogP contribution is -2.49. The molecular weight excluding hydrogens is 302 g/mol. The highest BCUT2D eigenvalue weighted by Crippen LogP contribution is 2.40. The van der Waals surface area contributed by atoms with Gasteiger partial charge < -0.3 is 9.47 Å². The van der Waals surface area contributed by atoms with E-state index in [2.05, 4.69) is 33.5 Å². The van der Waals surface area contributed by atoms with Gasteiger partial charge in [0.1, 0.15) is 0 Å². The molecule has 2 unspecified atom stereocenters. The van der Waals surface area contributed by atoms with Gasteiger partial charge >= 0.3 is 0 Å². The van der Waals surface area contributed by atoms with Gasteiger partial charge in [-0.15, -0.1) is 0 Å². The highest BCUT2D eigenvalue weighted by molar-refractivity contribution is 5.95. The van der Waals surface area contributed by atoms with Crippen LogP contribution in [0.15, 0.2) is 12.5 Å². The minimum Gasteiger partial charge on any atom is -0.337 e. The van der Waals surface area contributed by atoms with Crippen molar-refractivity contribution in [3.05, 3.63) is 35.2 Å². The summed E-state index contributed by atoms with van der Waals surface area (Å²) in [7, 11) is 2.07. The van der Waals surface area contributed by atoms with Crippen LogP contribution in [-0.2, 0) is 20.0 Å². The second-order valence-corrected chi connectivity index (χ2v) is 7.00. The van der Waals surface area contributed by atoms with Crippen molar-refractivity contribution in [1.29, 1.82) is 0 Å². The molecule has 4 rings (SSSR count). The summed E-state index contributed by atoms with van der Waals surface area (Å²) in [6, 6.07) is 0.276. The number of carbonyl (C=O) groups is 1. The number of amides is 1. The van der Waals surface area contributed by atoms with Gasteiger partial charge in [-0.2, -0.15) is 5.10 Å². The van der Waals surface area contributed by atoms with E-state index in [1.54, 1.807) is 6.20 Å². The summed E-state index contributed by atoms with van der Waals surface area (Å²) in [5, 5.41) is 4.35. The molecule has 3 heterocycles. The van der Waals surface area contributed by atoms with Crippen LogP contribution in [0.3, 0.4) is 0 Å². The third kappa shape index (κ3) is 2.19. The number of aryl methyl sites for hydroxylation is 2. The lowest BCUT2D eigenvalue weighted by molar-refractivity contribution is 0.0541. The molecule has 2 aliphatic rings. The van der Waals surface area contributed by atoms with Gasteiger partial charge in [0.25, 0.3) is 5.91 Å². The van der Waals surface area contributed by atoms with E-state index in [1.807, 2.05) is 17.9 Å². The van der Waals surface area contributed by atoms with Gasteiger partial charge in [-0.3, -0.25) is 9.48 Å².